The van der Waals surface area contributed by atoms with Gasteiger partial charge < -0.3 is 15.2 Å². The minimum Gasteiger partial charge on any atom is -0.494 e. The highest BCUT2D eigenvalue weighted by atomic mass is 32.2. The second-order valence-corrected chi connectivity index (χ2v) is 8.33. The lowest BCUT2D eigenvalue weighted by Gasteiger charge is -2.13. The first-order valence-electron chi connectivity index (χ1n) is 10.1. The SMILES string of the molecule is COc1c(NCCO)cnc2ccc(Sc3nnc4c(F)cc(-c5cnn(C)c5)cn34)cc12. The maximum atomic E-state index is 14.7. The molecule has 168 valence electrons. The minimum atomic E-state index is -0.459. The molecule has 0 fully saturated rings. The molecule has 5 aromatic rings. The zero-order chi connectivity index (χ0) is 22.9. The molecule has 1 aromatic carbocycles. The maximum Gasteiger partial charge on any atom is 0.200 e. The number of anilines is 1. The molecule has 11 heteroatoms. The third-order valence-electron chi connectivity index (χ3n) is 5.10. The minimum absolute atomic E-state index is 0.00533. The summed E-state index contributed by atoms with van der Waals surface area (Å²) in [4.78, 5) is 5.33. The van der Waals surface area contributed by atoms with E-state index >= 15 is 0 Å². The highest BCUT2D eigenvalue weighted by molar-refractivity contribution is 7.99. The van der Waals surface area contributed by atoms with Gasteiger partial charge in [-0.05, 0) is 36.0 Å². The molecule has 0 spiro atoms. The van der Waals surface area contributed by atoms with Crippen LogP contribution in [-0.2, 0) is 7.05 Å². The number of hydrogen-bond acceptors (Lipinski definition) is 8. The van der Waals surface area contributed by atoms with E-state index in [1.165, 1.54) is 17.8 Å². The lowest BCUT2D eigenvalue weighted by Crippen LogP contribution is -2.07. The Balaban J connectivity index is 1.55. The Morgan fingerprint density at radius 1 is 1.15 bits per heavy atom. The van der Waals surface area contributed by atoms with Gasteiger partial charge in [0.25, 0.3) is 0 Å². The Bertz CT molecular complexity index is 1470. The quantitative estimate of drug-likeness (QED) is 0.377. The zero-order valence-electron chi connectivity index (χ0n) is 17.9. The van der Waals surface area contributed by atoms with Crippen LogP contribution >= 0.6 is 11.8 Å². The molecule has 0 bridgehead atoms. The molecular formula is C22H20FN7O2S. The molecular weight excluding hydrogens is 445 g/mol. The first kappa shape index (κ1) is 21.2. The molecule has 0 aliphatic rings. The topological polar surface area (TPSA) is 102 Å². The van der Waals surface area contributed by atoms with Gasteiger partial charge in [-0.15, -0.1) is 10.2 Å². The van der Waals surface area contributed by atoms with E-state index in [-0.39, 0.29) is 12.3 Å². The van der Waals surface area contributed by atoms with Crippen molar-refractivity contribution in [3.05, 3.63) is 54.9 Å². The molecule has 0 radical (unpaired) electrons. The van der Waals surface area contributed by atoms with Gasteiger partial charge >= 0.3 is 0 Å². The molecule has 0 saturated heterocycles. The summed E-state index contributed by atoms with van der Waals surface area (Å²) in [5.74, 6) is 0.173. The van der Waals surface area contributed by atoms with Crippen LogP contribution in [-0.4, -0.2) is 54.7 Å². The van der Waals surface area contributed by atoms with Gasteiger partial charge in [-0.2, -0.15) is 5.10 Å². The lowest BCUT2D eigenvalue weighted by molar-refractivity contribution is 0.311. The number of halogens is 1. The van der Waals surface area contributed by atoms with Crippen molar-refractivity contribution in [3.8, 4) is 16.9 Å². The number of methoxy groups -OCH3 is 1. The number of nitrogens with one attached hydrogen (secondary N) is 1. The van der Waals surface area contributed by atoms with Crippen molar-refractivity contribution >= 4 is 34.0 Å². The standard InChI is InChI=1S/C22H20FN7O2S/c1-29-11-14(9-26-29)13-7-17(23)21-27-28-22(30(21)12-13)33-15-3-4-18-16(8-15)20(32-2)19(10-25-18)24-5-6-31/h3-4,7-12,24,31H,5-6H2,1-2H3. The molecule has 4 aromatic heterocycles. The fourth-order valence-corrected chi connectivity index (χ4v) is 4.43. The highest BCUT2D eigenvalue weighted by Gasteiger charge is 2.16. The van der Waals surface area contributed by atoms with E-state index in [2.05, 4.69) is 25.6 Å². The van der Waals surface area contributed by atoms with Crippen LogP contribution in [0.2, 0.25) is 0 Å². The Kier molecular flexibility index (Phi) is 5.56. The number of aromatic nitrogens is 6. The fourth-order valence-electron chi connectivity index (χ4n) is 3.58. The largest absolute Gasteiger partial charge is 0.494 e. The molecule has 0 atom stereocenters. The second kappa shape index (κ2) is 8.68. The average molecular weight is 466 g/mol. The van der Waals surface area contributed by atoms with Crippen molar-refractivity contribution < 1.29 is 14.2 Å². The number of fused-ring (bicyclic) bond motifs is 2. The van der Waals surface area contributed by atoms with E-state index in [4.69, 9.17) is 9.84 Å². The molecule has 0 aliphatic heterocycles. The van der Waals surface area contributed by atoms with Crippen LogP contribution in [0.1, 0.15) is 0 Å². The fraction of sp³-hybridized carbons (Fsp3) is 0.182. The number of hydrogen-bond donors (Lipinski definition) is 2. The van der Waals surface area contributed by atoms with E-state index in [0.717, 1.165) is 21.4 Å². The first-order valence-corrected chi connectivity index (χ1v) is 10.9. The van der Waals surface area contributed by atoms with E-state index in [1.54, 1.807) is 34.8 Å². The zero-order valence-corrected chi connectivity index (χ0v) is 18.7. The Hall–Kier alpha value is -3.70. The van der Waals surface area contributed by atoms with Gasteiger partial charge in [-0.1, -0.05) is 0 Å². The monoisotopic (exact) mass is 465 g/mol. The molecule has 0 aliphatic carbocycles. The number of aliphatic hydroxyl groups is 1. The summed E-state index contributed by atoms with van der Waals surface area (Å²) in [6.45, 7) is 0.378. The molecule has 0 saturated carbocycles. The van der Waals surface area contributed by atoms with Crippen molar-refractivity contribution in [1.82, 2.24) is 29.4 Å². The number of pyridine rings is 2. The van der Waals surface area contributed by atoms with Crippen LogP contribution in [0.4, 0.5) is 10.1 Å². The molecule has 33 heavy (non-hydrogen) atoms. The van der Waals surface area contributed by atoms with Crippen LogP contribution in [0, 0.1) is 5.82 Å². The number of rotatable bonds is 7. The van der Waals surface area contributed by atoms with Gasteiger partial charge in [0.1, 0.15) is 0 Å². The van der Waals surface area contributed by atoms with Crippen LogP contribution in [0.3, 0.4) is 0 Å². The summed E-state index contributed by atoms with van der Waals surface area (Å²) < 4.78 is 23.7. The van der Waals surface area contributed by atoms with Crippen molar-refractivity contribution in [2.45, 2.75) is 10.1 Å². The number of nitrogens with zero attached hydrogens (tertiary/aromatic N) is 6. The summed E-state index contributed by atoms with van der Waals surface area (Å²) in [5.41, 5.74) is 3.09. The van der Waals surface area contributed by atoms with E-state index in [9.17, 15) is 4.39 Å². The third kappa shape index (κ3) is 3.96. The van der Waals surface area contributed by atoms with Crippen LogP contribution in [0.25, 0.3) is 27.7 Å². The van der Waals surface area contributed by atoms with Crippen LogP contribution in [0.5, 0.6) is 5.75 Å². The van der Waals surface area contributed by atoms with Gasteiger partial charge in [0.15, 0.2) is 17.2 Å². The van der Waals surface area contributed by atoms with Crippen molar-refractivity contribution in [2.75, 3.05) is 25.6 Å². The Morgan fingerprint density at radius 2 is 2.03 bits per heavy atom. The predicted molar refractivity (Wildman–Crippen MR) is 123 cm³/mol. The van der Waals surface area contributed by atoms with Crippen molar-refractivity contribution in [3.63, 3.8) is 0 Å². The summed E-state index contributed by atoms with van der Waals surface area (Å²) >= 11 is 1.36. The van der Waals surface area contributed by atoms with Gasteiger partial charge in [0, 0.05) is 47.4 Å². The van der Waals surface area contributed by atoms with Gasteiger partial charge in [0.2, 0.25) is 5.16 Å². The number of ether oxygens (including phenoxy) is 1. The van der Waals surface area contributed by atoms with Crippen LogP contribution in [0.15, 0.2) is 59.1 Å². The lowest BCUT2D eigenvalue weighted by atomic mass is 10.1. The molecule has 0 amide bonds. The van der Waals surface area contributed by atoms with E-state index in [1.807, 2.05) is 31.4 Å². The number of benzene rings is 1. The normalized spacial score (nSPS) is 11.4. The Labute approximate surface area is 192 Å². The van der Waals surface area contributed by atoms with E-state index < -0.39 is 5.82 Å². The summed E-state index contributed by atoms with van der Waals surface area (Å²) in [7, 11) is 3.40. The Morgan fingerprint density at radius 3 is 2.79 bits per heavy atom. The summed E-state index contributed by atoms with van der Waals surface area (Å²) in [6, 6.07) is 7.19. The number of aliphatic hydroxyl groups excluding tert-OH is 1. The molecule has 4 heterocycles. The predicted octanol–water partition coefficient (Wildman–Crippen LogP) is 3.38. The maximum absolute atomic E-state index is 14.7. The summed E-state index contributed by atoms with van der Waals surface area (Å²) in [6.07, 6.45) is 6.99. The smallest absolute Gasteiger partial charge is 0.200 e. The highest BCUT2D eigenvalue weighted by Crippen LogP contribution is 2.36. The molecule has 0 unspecified atom stereocenters. The number of aryl methyl sites for hydroxylation is 1. The molecule has 2 N–H and O–H groups in total. The average Bonchev–Trinajstić information content (AvgIpc) is 3.43. The third-order valence-corrected chi connectivity index (χ3v) is 6.05. The summed E-state index contributed by atoms with van der Waals surface area (Å²) in [5, 5.41) is 25.9. The van der Waals surface area contributed by atoms with Crippen molar-refractivity contribution in [1.29, 1.82) is 0 Å². The van der Waals surface area contributed by atoms with Crippen LogP contribution < -0.4 is 10.1 Å². The van der Waals surface area contributed by atoms with Gasteiger partial charge in [-0.3, -0.25) is 14.1 Å². The molecule has 9 nitrogen and oxygen atoms in total. The second-order valence-electron chi connectivity index (χ2n) is 7.29. The van der Waals surface area contributed by atoms with Gasteiger partial charge in [-0.25, -0.2) is 4.39 Å². The van der Waals surface area contributed by atoms with E-state index in [0.29, 0.717) is 28.7 Å². The first-order chi connectivity index (χ1) is 16.1. The molecule has 5 rings (SSSR count). The van der Waals surface area contributed by atoms with Crippen molar-refractivity contribution in [2.24, 2.45) is 7.05 Å². The van der Waals surface area contributed by atoms with Gasteiger partial charge in [0.05, 0.1) is 37.3 Å².